The first-order chi connectivity index (χ1) is 12.5. The molecule has 0 aromatic heterocycles. The van der Waals surface area contributed by atoms with E-state index in [0.717, 1.165) is 18.4 Å². The minimum absolute atomic E-state index is 0.0945. The minimum Gasteiger partial charge on any atom is -0.367 e. The number of amides is 2. The standard InChI is InChI=1S/C19H28N2O5/c1-14(18(20)22)26-17(12-15-6-4-3-5-7-15)19(23)21-10-8-16(9-11-21)25-13-24-2/h3-7,14,16-17H,8-13H2,1-2H3,(H2,20,22)/t14?,17-/m0/s1. The van der Waals surface area contributed by atoms with E-state index < -0.39 is 18.1 Å². The molecule has 0 spiro atoms. The molecule has 1 fully saturated rings. The number of carbonyl (C=O) groups is 2. The molecular weight excluding hydrogens is 336 g/mol. The summed E-state index contributed by atoms with van der Waals surface area (Å²) in [6.45, 7) is 3.01. The normalized spacial score (nSPS) is 17.7. The third kappa shape index (κ3) is 6.09. The largest absolute Gasteiger partial charge is 0.367 e. The summed E-state index contributed by atoms with van der Waals surface area (Å²) >= 11 is 0. The molecule has 2 atom stereocenters. The minimum atomic E-state index is -0.824. The van der Waals surface area contributed by atoms with E-state index in [2.05, 4.69) is 0 Å². The topological polar surface area (TPSA) is 91.1 Å². The monoisotopic (exact) mass is 364 g/mol. The molecule has 0 aliphatic carbocycles. The first kappa shape index (κ1) is 20.4. The van der Waals surface area contributed by atoms with Crippen LogP contribution in [0.5, 0.6) is 0 Å². The van der Waals surface area contributed by atoms with Gasteiger partial charge in [0.2, 0.25) is 5.91 Å². The van der Waals surface area contributed by atoms with Crippen LogP contribution in [0.1, 0.15) is 25.3 Å². The fourth-order valence-corrected chi connectivity index (χ4v) is 2.95. The number of piperidine rings is 1. The Balaban J connectivity index is 1.99. The van der Waals surface area contributed by atoms with Crippen LogP contribution in [0, 0.1) is 0 Å². The summed E-state index contributed by atoms with van der Waals surface area (Å²) in [7, 11) is 1.59. The predicted molar refractivity (Wildman–Crippen MR) is 96.2 cm³/mol. The van der Waals surface area contributed by atoms with Crippen LogP contribution in [0.25, 0.3) is 0 Å². The number of nitrogens with two attached hydrogens (primary N) is 1. The maximum absolute atomic E-state index is 13.0. The highest BCUT2D eigenvalue weighted by molar-refractivity contribution is 5.83. The van der Waals surface area contributed by atoms with Gasteiger partial charge >= 0.3 is 0 Å². The van der Waals surface area contributed by atoms with Gasteiger partial charge in [-0.1, -0.05) is 30.3 Å². The van der Waals surface area contributed by atoms with E-state index in [9.17, 15) is 9.59 Å². The Bertz CT molecular complexity index is 573. The average molecular weight is 364 g/mol. The highest BCUT2D eigenvalue weighted by Gasteiger charge is 2.31. The zero-order valence-electron chi connectivity index (χ0n) is 15.4. The van der Waals surface area contributed by atoms with Crippen LogP contribution in [-0.4, -0.2) is 62.0 Å². The molecule has 7 nitrogen and oxygen atoms in total. The molecule has 26 heavy (non-hydrogen) atoms. The zero-order chi connectivity index (χ0) is 18.9. The van der Waals surface area contributed by atoms with Gasteiger partial charge in [0.15, 0.2) is 0 Å². The van der Waals surface area contributed by atoms with E-state index in [1.54, 1.807) is 18.9 Å². The van der Waals surface area contributed by atoms with E-state index >= 15 is 0 Å². The molecule has 1 aromatic carbocycles. The Hall–Kier alpha value is -1.96. The van der Waals surface area contributed by atoms with Gasteiger partial charge in [-0.15, -0.1) is 0 Å². The second-order valence-corrected chi connectivity index (χ2v) is 6.46. The van der Waals surface area contributed by atoms with Gasteiger partial charge in [0.25, 0.3) is 5.91 Å². The van der Waals surface area contributed by atoms with Crippen molar-refractivity contribution in [3.05, 3.63) is 35.9 Å². The lowest BCUT2D eigenvalue weighted by Crippen LogP contribution is -2.48. The fraction of sp³-hybridized carbons (Fsp3) is 0.579. The first-order valence-electron chi connectivity index (χ1n) is 8.89. The maximum Gasteiger partial charge on any atom is 0.252 e. The highest BCUT2D eigenvalue weighted by atomic mass is 16.7. The summed E-state index contributed by atoms with van der Waals surface area (Å²) in [6.07, 6.45) is 0.428. The number of benzene rings is 1. The molecule has 2 rings (SSSR count). The van der Waals surface area contributed by atoms with E-state index in [1.807, 2.05) is 30.3 Å². The quantitative estimate of drug-likeness (QED) is 0.663. The molecule has 1 heterocycles. The van der Waals surface area contributed by atoms with Crippen molar-refractivity contribution in [2.45, 2.75) is 44.5 Å². The van der Waals surface area contributed by atoms with Crippen LogP contribution in [0.4, 0.5) is 0 Å². The van der Waals surface area contributed by atoms with Crippen molar-refractivity contribution in [2.75, 3.05) is 27.0 Å². The lowest BCUT2D eigenvalue weighted by Gasteiger charge is -2.34. The number of ether oxygens (including phenoxy) is 3. The van der Waals surface area contributed by atoms with Crippen LogP contribution in [0.3, 0.4) is 0 Å². The van der Waals surface area contributed by atoms with Crippen LogP contribution in [0.15, 0.2) is 30.3 Å². The van der Waals surface area contributed by atoms with Crippen molar-refractivity contribution in [1.82, 2.24) is 4.90 Å². The van der Waals surface area contributed by atoms with Crippen molar-refractivity contribution in [2.24, 2.45) is 5.73 Å². The molecule has 2 amide bonds. The SMILES string of the molecule is COCOC1CCN(C(=O)[C@H](Cc2ccccc2)OC(C)C(N)=O)CC1. The van der Waals surface area contributed by atoms with Gasteiger partial charge in [0.05, 0.1) is 6.10 Å². The summed E-state index contributed by atoms with van der Waals surface area (Å²) in [5.41, 5.74) is 6.28. The van der Waals surface area contributed by atoms with Crippen LogP contribution in [-0.2, 0) is 30.2 Å². The number of methoxy groups -OCH3 is 1. The number of hydrogen-bond donors (Lipinski definition) is 1. The molecule has 0 saturated carbocycles. The molecule has 0 bridgehead atoms. The average Bonchev–Trinajstić information content (AvgIpc) is 2.66. The molecule has 2 N–H and O–H groups in total. The molecule has 1 saturated heterocycles. The summed E-state index contributed by atoms with van der Waals surface area (Å²) in [5.74, 6) is -0.699. The molecule has 1 unspecified atom stereocenters. The fourth-order valence-electron chi connectivity index (χ4n) is 2.95. The van der Waals surface area contributed by atoms with Crippen molar-refractivity contribution >= 4 is 11.8 Å². The van der Waals surface area contributed by atoms with E-state index in [1.165, 1.54) is 0 Å². The number of carbonyl (C=O) groups excluding carboxylic acids is 2. The Morgan fingerprint density at radius 1 is 1.23 bits per heavy atom. The smallest absolute Gasteiger partial charge is 0.252 e. The van der Waals surface area contributed by atoms with Crippen LogP contribution >= 0.6 is 0 Å². The summed E-state index contributed by atoms with van der Waals surface area (Å²) < 4.78 is 16.2. The number of hydrogen-bond acceptors (Lipinski definition) is 5. The summed E-state index contributed by atoms with van der Waals surface area (Å²) in [4.78, 5) is 26.1. The lowest BCUT2D eigenvalue weighted by molar-refractivity contribution is -0.154. The summed E-state index contributed by atoms with van der Waals surface area (Å²) in [6, 6.07) is 9.60. The summed E-state index contributed by atoms with van der Waals surface area (Å²) in [5, 5.41) is 0. The maximum atomic E-state index is 13.0. The molecule has 144 valence electrons. The van der Waals surface area contributed by atoms with Crippen LogP contribution in [0.2, 0.25) is 0 Å². The second kappa shape index (κ2) is 10.3. The second-order valence-electron chi connectivity index (χ2n) is 6.46. The van der Waals surface area contributed by atoms with Crippen molar-refractivity contribution < 1.29 is 23.8 Å². The van der Waals surface area contributed by atoms with Gasteiger partial charge in [0.1, 0.15) is 19.0 Å². The molecule has 7 heteroatoms. The Labute approximate surface area is 154 Å². The molecule has 1 aliphatic heterocycles. The molecule has 1 aliphatic rings. The van der Waals surface area contributed by atoms with Gasteiger partial charge < -0.3 is 24.8 Å². The number of nitrogens with zero attached hydrogens (tertiary/aromatic N) is 1. The van der Waals surface area contributed by atoms with Crippen molar-refractivity contribution in [3.8, 4) is 0 Å². The predicted octanol–water partition coefficient (Wildman–Crippen LogP) is 1.10. The van der Waals surface area contributed by atoms with Crippen molar-refractivity contribution in [3.63, 3.8) is 0 Å². The third-order valence-corrected chi connectivity index (χ3v) is 4.48. The first-order valence-corrected chi connectivity index (χ1v) is 8.89. The number of primary amides is 1. The molecular formula is C19H28N2O5. The van der Waals surface area contributed by atoms with E-state index in [0.29, 0.717) is 19.5 Å². The van der Waals surface area contributed by atoms with Crippen molar-refractivity contribution in [1.29, 1.82) is 0 Å². The third-order valence-electron chi connectivity index (χ3n) is 4.48. The number of rotatable bonds is 9. The van der Waals surface area contributed by atoms with E-state index in [-0.39, 0.29) is 18.8 Å². The van der Waals surface area contributed by atoms with Gasteiger partial charge in [-0.25, -0.2) is 0 Å². The van der Waals surface area contributed by atoms with Gasteiger partial charge in [-0.3, -0.25) is 9.59 Å². The Morgan fingerprint density at radius 2 is 1.88 bits per heavy atom. The van der Waals surface area contributed by atoms with E-state index in [4.69, 9.17) is 19.9 Å². The molecule has 0 radical (unpaired) electrons. The van der Waals surface area contributed by atoms with Gasteiger partial charge in [-0.2, -0.15) is 0 Å². The highest BCUT2D eigenvalue weighted by Crippen LogP contribution is 2.18. The van der Waals surface area contributed by atoms with Gasteiger partial charge in [0, 0.05) is 26.6 Å². The molecule has 1 aromatic rings. The number of likely N-dealkylation sites (tertiary alicyclic amines) is 1. The Kier molecular flexibility index (Phi) is 8.03. The Morgan fingerprint density at radius 3 is 2.46 bits per heavy atom. The van der Waals surface area contributed by atoms with Gasteiger partial charge in [-0.05, 0) is 25.3 Å². The lowest BCUT2D eigenvalue weighted by atomic mass is 10.0. The zero-order valence-corrected chi connectivity index (χ0v) is 15.4. The van der Waals surface area contributed by atoms with Crippen LogP contribution < -0.4 is 5.73 Å².